The van der Waals surface area contributed by atoms with Crippen molar-refractivity contribution in [1.82, 2.24) is 5.32 Å². The maximum absolute atomic E-state index is 11.1. The van der Waals surface area contributed by atoms with Gasteiger partial charge in [-0.3, -0.25) is 4.79 Å². The fourth-order valence-corrected chi connectivity index (χ4v) is 1.84. The number of nitrogens with one attached hydrogen (secondary N) is 1. The highest BCUT2D eigenvalue weighted by molar-refractivity contribution is 9.09. The number of hydrogen-bond acceptors (Lipinski definition) is 2. The van der Waals surface area contributed by atoms with E-state index in [0.29, 0.717) is 5.33 Å². The highest BCUT2D eigenvalue weighted by Gasteiger charge is 2.34. The fourth-order valence-electron chi connectivity index (χ4n) is 1.70. The van der Waals surface area contributed by atoms with Crippen molar-refractivity contribution in [3.63, 3.8) is 0 Å². The molecule has 0 bridgehead atoms. The SMILES string of the molecule is O=C(CBr)NC1(CO)CCCC1. The minimum atomic E-state index is -0.315. The summed E-state index contributed by atoms with van der Waals surface area (Å²) in [4.78, 5) is 11.1. The Balaban J connectivity index is 2.49. The van der Waals surface area contributed by atoms with Gasteiger partial charge in [-0.1, -0.05) is 28.8 Å². The molecular weight excluding hydrogens is 222 g/mol. The van der Waals surface area contributed by atoms with Gasteiger partial charge in [-0.05, 0) is 12.8 Å². The molecule has 0 aromatic carbocycles. The van der Waals surface area contributed by atoms with E-state index in [1.807, 2.05) is 0 Å². The molecule has 70 valence electrons. The average molecular weight is 236 g/mol. The Bertz CT molecular complexity index is 166. The van der Waals surface area contributed by atoms with Crippen molar-refractivity contribution >= 4 is 21.8 Å². The Morgan fingerprint density at radius 3 is 2.50 bits per heavy atom. The maximum atomic E-state index is 11.1. The topological polar surface area (TPSA) is 49.3 Å². The number of carbonyl (C=O) groups excluding carboxylic acids is 1. The molecule has 1 aliphatic carbocycles. The first kappa shape index (κ1) is 9.99. The minimum absolute atomic E-state index is 0.0362. The van der Waals surface area contributed by atoms with Crippen molar-refractivity contribution in [1.29, 1.82) is 0 Å². The summed E-state index contributed by atoms with van der Waals surface area (Å²) in [6.45, 7) is 0.0613. The Morgan fingerprint density at radius 1 is 1.50 bits per heavy atom. The summed E-state index contributed by atoms with van der Waals surface area (Å²) in [5.74, 6) is -0.0362. The first-order valence-electron chi connectivity index (χ1n) is 4.20. The molecule has 0 unspecified atom stereocenters. The number of rotatable bonds is 3. The second-order valence-corrected chi connectivity index (χ2v) is 3.89. The van der Waals surface area contributed by atoms with Gasteiger partial charge in [0.2, 0.25) is 5.91 Å². The van der Waals surface area contributed by atoms with E-state index in [9.17, 15) is 4.79 Å². The molecule has 0 spiro atoms. The quantitative estimate of drug-likeness (QED) is 0.712. The molecule has 1 saturated carbocycles. The largest absolute Gasteiger partial charge is 0.394 e. The van der Waals surface area contributed by atoms with Crippen molar-refractivity contribution in [2.45, 2.75) is 31.2 Å². The molecule has 0 aromatic rings. The molecule has 3 nitrogen and oxygen atoms in total. The fraction of sp³-hybridized carbons (Fsp3) is 0.875. The second-order valence-electron chi connectivity index (χ2n) is 3.33. The van der Waals surface area contributed by atoms with E-state index >= 15 is 0 Å². The average Bonchev–Trinajstić information content (AvgIpc) is 2.54. The molecule has 0 atom stereocenters. The lowest BCUT2D eigenvalue weighted by Crippen LogP contribution is -2.49. The van der Waals surface area contributed by atoms with Crippen molar-refractivity contribution < 1.29 is 9.90 Å². The summed E-state index contributed by atoms with van der Waals surface area (Å²) < 4.78 is 0. The summed E-state index contributed by atoms with van der Waals surface area (Å²) in [5, 5.41) is 12.3. The van der Waals surface area contributed by atoms with Gasteiger partial charge in [0.15, 0.2) is 0 Å². The molecule has 4 heteroatoms. The molecule has 0 saturated heterocycles. The number of aliphatic hydroxyl groups is 1. The third-order valence-electron chi connectivity index (χ3n) is 2.39. The zero-order chi connectivity index (χ0) is 9.03. The summed E-state index contributed by atoms with van der Waals surface area (Å²) in [6, 6.07) is 0. The van der Waals surface area contributed by atoms with Gasteiger partial charge in [0.1, 0.15) is 0 Å². The molecule has 0 aliphatic heterocycles. The van der Waals surface area contributed by atoms with Crippen LogP contribution in [0.1, 0.15) is 25.7 Å². The number of amides is 1. The maximum Gasteiger partial charge on any atom is 0.231 e. The van der Waals surface area contributed by atoms with E-state index in [-0.39, 0.29) is 18.1 Å². The predicted molar refractivity (Wildman–Crippen MR) is 50.2 cm³/mol. The van der Waals surface area contributed by atoms with Crippen molar-refractivity contribution in [2.75, 3.05) is 11.9 Å². The molecule has 0 heterocycles. The highest BCUT2D eigenvalue weighted by atomic mass is 79.9. The van der Waals surface area contributed by atoms with Crippen molar-refractivity contribution in [2.24, 2.45) is 0 Å². The van der Waals surface area contributed by atoms with Crippen LogP contribution in [0.25, 0.3) is 0 Å². The van der Waals surface area contributed by atoms with E-state index in [1.54, 1.807) is 0 Å². The molecule has 2 N–H and O–H groups in total. The van der Waals surface area contributed by atoms with Crippen LogP contribution in [-0.4, -0.2) is 28.5 Å². The van der Waals surface area contributed by atoms with E-state index in [2.05, 4.69) is 21.2 Å². The van der Waals surface area contributed by atoms with Crippen LogP contribution in [0.3, 0.4) is 0 Å². The van der Waals surface area contributed by atoms with Crippen LogP contribution >= 0.6 is 15.9 Å². The number of aliphatic hydroxyl groups excluding tert-OH is 1. The number of hydrogen-bond donors (Lipinski definition) is 2. The summed E-state index contributed by atoms with van der Waals surface area (Å²) in [6.07, 6.45) is 4.01. The van der Waals surface area contributed by atoms with E-state index in [1.165, 1.54) is 0 Å². The smallest absolute Gasteiger partial charge is 0.231 e. The van der Waals surface area contributed by atoms with Gasteiger partial charge >= 0.3 is 0 Å². The van der Waals surface area contributed by atoms with Crippen LogP contribution in [-0.2, 0) is 4.79 Å². The standard InChI is InChI=1S/C8H14BrNO2/c9-5-7(12)10-8(6-11)3-1-2-4-8/h11H,1-6H2,(H,10,12). The van der Waals surface area contributed by atoms with Crippen LogP contribution in [0.15, 0.2) is 0 Å². The van der Waals surface area contributed by atoms with E-state index in [4.69, 9.17) is 5.11 Å². The molecule has 1 fully saturated rings. The number of halogens is 1. The lowest BCUT2D eigenvalue weighted by Gasteiger charge is -2.27. The number of alkyl halides is 1. The summed E-state index contributed by atoms with van der Waals surface area (Å²) in [7, 11) is 0. The van der Waals surface area contributed by atoms with Gasteiger partial charge in [-0.15, -0.1) is 0 Å². The van der Waals surface area contributed by atoms with Gasteiger partial charge in [0.05, 0.1) is 17.5 Å². The Kier molecular flexibility index (Phi) is 3.53. The summed E-state index contributed by atoms with van der Waals surface area (Å²) in [5.41, 5.74) is -0.315. The van der Waals surface area contributed by atoms with Crippen LogP contribution < -0.4 is 5.32 Å². The van der Waals surface area contributed by atoms with Gasteiger partial charge in [-0.2, -0.15) is 0 Å². The van der Waals surface area contributed by atoms with Crippen LogP contribution in [0.4, 0.5) is 0 Å². The molecule has 12 heavy (non-hydrogen) atoms. The second kappa shape index (κ2) is 4.23. The Morgan fingerprint density at radius 2 is 2.08 bits per heavy atom. The lowest BCUT2D eigenvalue weighted by atomic mass is 9.99. The van der Waals surface area contributed by atoms with Crippen LogP contribution in [0.2, 0.25) is 0 Å². The van der Waals surface area contributed by atoms with Gasteiger partial charge < -0.3 is 10.4 Å². The first-order valence-corrected chi connectivity index (χ1v) is 5.32. The first-order chi connectivity index (χ1) is 5.72. The minimum Gasteiger partial charge on any atom is -0.394 e. The third kappa shape index (κ3) is 2.20. The molecule has 0 radical (unpaired) electrons. The number of carbonyl (C=O) groups is 1. The third-order valence-corrected chi connectivity index (χ3v) is 2.90. The molecule has 1 aliphatic rings. The zero-order valence-electron chi connectivity index (χ0n) is 6.98. The molecular formula is C8H14BrNO2. The monoisotopic (exact) mass is 235 g/mol. The lowest BCUT2D eigenvalue weighted by molar-refractivity contribution is -0.120. The van der Waals surface area contributed by atoms with Gasteiger partial charge in [0.25, 0.3) is 0 Å². The van der Waals surface area contributed by atoms with Gasteiger partial charge in [0, 0.05) is 0 Å². The Hall–Kier alpha value is -0.0900. The normalized spacial score (nSPS) is 20.8. The predicted octanol–water partition coefficient (Wildman–Crippen LogP) is 0.803. The molecule has 0 aromatic heterocycles. The molecule has 1 rings (SSSR count). The van der Waals surface area contributed by atoms with Crippen LogP contribution in [0.5, 0.6) is 0 Å². The van der Waals surface area contributed by atoms with Crippen molar-refractivity contribution in [3.8, 4) is 0 Å². The highest BCUT2D eigenvalue weighted by Crippen LogP contribution is 2.28. The Labute approximate surface area is 80.7 Å². The van der Waals surface area contributed by atoms with Crippen LogP contribution in [0, 0.1) is 0 Å². The zero-order valence-corrected chi connectivity index (χ0v) is 8.56. The van der Waals surface area contributed by atoms with Gasteiger partial charge in [-0.25, -0.2) is 0 Å². The van der Waals surface area contributed by atoms with E-state index in [0.717, 1.165) is 25.7 Å². The van der Waals surface area contributed by atoms with E-state index < -0.39 is 0 Å². The summed E-state index contributed by atoms with van der Waals surface area (Å²) >= 11 is 3.08. The molecule has 1 amide bonds. The van der Waals surface area contributed by atoms with Crippen molar-refractivity contribution in [3.05, 3.63) is 0 Å².